The largest absolute Gasteiger partial charge is 0.493 e. The van der Waals surface area contributed by atoms with Gasteiger partial charge in [-0.15, -0.1) is 0 Å². The van der Waals surface area contributed by atoms with Crippen molar-refractivity contribution in [1.29, 1.82) is 0 Å². The minimum absolute atomic E-state index is 0.125. The molecule has 0 radical (unpaired) electrons. The second kappa shape index (κ2) is 12.5. The summed E-state index contributed by atoms with van der Waals surface area (Å²) in [7, 11) is 1.65. The van der Waals surface area contributed by atoms with Gasteiger partial charge < -0.3 is 28.6 Å². The maximum atomic E-state index is 11.2. The summed E-state index contributed by atoms with van der Waals surface area (Å²) in [6, 6.07) is 13.1. The summed E-state index contributed by atoms with van der Waals surface area (Å²) in [6.45, 7) is 6.08. The van der Waals surface area contributed by atoms with E-state index in [1.807, 2.05) is 37.5 Å². The smallest absolute Gasteiger partial charge is 0.161 e. The maximum Gasteiger partial charge on any atom is 0.161 e. The molecule has 9 heteroatoms. The normalized spacial score (nSPS) is 18.6. The Kier molecular flexibility index (Phi) is 9.09. The number of benzene rings is 2. The van der Waals surface area contributed by atoms with Crippen LogP contribution in [0.5, 0.6) is 17.2 Å². The van der Waals surface area contributed by atoms with Crippen LogP contribution in [0.3, 0.4) is 0 Å². The Labute approximate surface area is 217 Å². The molecule has 0 aliphatic carbocycles. The summed E-state index contributed by atoms with van der Waals surface area (Å²) in [5, 5.41) is 11.8. The summed E-state index contributed by atoms with van der Waals surface area (Å²) in [5.41, 5.74) is -0.0623. The number of rotatable bonds is 11. The first-order chi connectivity index (χ1) is 17.4. The Balaban J connectivity index is 1.31. The molecule has 1 aliphatic heterocycles. The van der Waals surface area contributed by atoms with Crippen molar-refractivity contribution in [2.24, 2.45) is 0 Å². The molecule has 4 rings (SSSR count). The maximum absolute atomic E-state index is 11.2. The standard InChI is InChI=1S/C27H34ClN3O5/c1-21-29-10-12-31(21)11-3-14-35-25-9-4-22(16-26(25)33-2)17-30-13-15-34-19-27(32,18-30)20-36-24-7-5-23(28)6-8-24/h4-10,12,16,32H,3,11,13-15,17-20H2,1-2H3. The van der Waals surface area contributed by atoms with Gasteiger partial charge in [-0.05, 0) is 55.3 Å². The zero-order valence-corrected chi connectivity index (χ0v) is 21.6. The quantitative estimate of drug-likeness (QED) is 0.387. The highest BCUT2D eigenvalue weighted by Crippen LogP contribution is 2.29. The molecule has 1 aliphatic rings. The van der Waals surface area contributed by atoms with Crippen LogP contribution in [0.2, 0.25) is 5.02 Å². The zero-order chi connectivity index (χ0) is 25.4. The molecule has 1 saturated heterocycles. The second-order valence-electron chi connectivity index (χ2n) is 9.09. The molecule has 0 amide bonds. The van der Waals surface area contributed by atoms with Crippen molar-refractivity contribution in [2.75, 3.05) is 46.6 Å². The van der Waals surface area contributed by atoms with Crippen molar-refractivity contribution in [1.82, 2.24) is 14.5 Å². The highest BCUT2D eigenvalue weighted by atomic mass is 35.5. The Bertz CT molecular complexity index is 1110. The number of methoxy groups -OCH3 is 1. The number of imidazole rings is 1. The first kappa shape index (κ1) is 26.3. The van der Waals surface area contributed by atoms with Crippen LogP contribution in [-0.4, -0.2) is 71.8 Å². The van der Waals surface area contributed by atoms with Crippen molar-refractivity contribution >= 4 is 11.6 Å². The number of aliphatic hydroxyl groups is 1. The van der Waals surface area contributed by atoms with E-state index in [-0.39, 0.29) is 13.2 Å². The first-order valence-electron chi connectivity index (χ1n) is 12.1. The van der Waals surface area contributed by atoms with E-state index < -0.39 is 5.60 Å². The van der Waals surface area contributed by atoms with Crippen LogP contribution in [0.1, 0.15) is 17.8 Å². The van der Waals surface area contributed by atoms with Gasteiger partial charge in [0.1, 0.15) is 23.8 Å². The lowest BCUT2D eigenvalue weighted by atomic mass is 10.1. The summed E-state index contributed by atoms with van der Waals surface area (Å²) in [5.74, 6) is 3.07. The minimum atomic E-state index is -1.13. The molecule has 0 saturated carbocycles. The van der Waals surface area contributed by atoms with Gasteiger partial charge in [-0.2, -0.15) is 0 Å². The summed E-state index contributed by atoms with van der Waals surface area (Å²) < 4.78 is 25.2. The lowest BCUT2D eigenvalue weighted by Gasteiger charge is -2.30. The summed E-state index contributed by atoms with van der Waals surface area (Å²) >= 11 is 5.94. The van der Waals surface area contributed by atoms with E-state index >= 15 is 0 Å². The first-order valence-corrected chi connectivity index (χ1v) is 12.5. The van der Waals surface area contributed by atoms with Crippen molar-refractivity contribution in [2.45, 2.75) is 32.0 Å². The van der Waals surface area contributed by atoms with Crippen LogP contribution < -0.4 is 14.2 Å². The fraction of sp³-hybridized carbons (Fsp3) is 0.444. The molecule has 2 aromatic carbocycles. The molecule has 194 valence electrons. The third-order valence-corrected chi connectivity index (χ3v) is 6.37. The monoisotopic (exact) mass is 515 g/mol. The Hall–Kier alpha value is -2.78. The van der Waals surface area contributed by atoms with Crippen molar-refractivity contribution in [3.05, 3.63) is 71.3 Å². The Morgan fingerprint density at radius 2 is 1.97 bits per heavy atom. The number of aromatic nitrogens is 2. The number of halogens is 1. The van der Waals surface area contributed by atoms with Crippen LogP contribution >= 0.6 is 11.6 Å². The van der Waals surface area contributed by atoms with Crippen LogP contribution in [0.15, 0.2) is 54.9 Å². The van der Waals surface area contributed by atoms with Crippen LogP contribution in [0.4, 0.5) is 0 Å². The molecule has 1 fully saturated rings. The predicted octanol–water partition coefficient (Wildman–Crippen LogP) is 3.96. The second-order valence-corrected chi connectivity index (χ2v) is 9.52. The van der Waals surface area contributed by atoms with E-state index in [0.29, 0.717) is 49.4 Å². The van der Waals surface area contributed by atoms with Gasteiger partial charge in [0.05, 0.1) is 26.9 Å². The van der Waals surface area contributed by atoms with Gasteiger partial charge in [0.15, 0.2) is 11.5 Å². The highest BCUT2D eigenvalue weighted by molar-refractivity contribution is 6.30. The molecular weight excluding hydrogens is 482 g/mol. The Morgan fingerprint density at radius 3 is 2.72 bits per heavy atom. The topological polar surface area (TPSA) is 78.2 Å². The van der Waals surface area contributed by atoms with E-state index in [9.17, 15) is 5.11 Å². The number of β-amino-alcohol motifs (C(OH)–C–C–N with tert-alkyl or cyclic N) is 1. The summed E-state index contributed by atoms with van der Waals surface area (Å²) in [6.07, 6.45) is 4.65. The Morgan fingerprint density at radius 1 is 1.14 bits per heavy atom. The molecule has 2 heterocycles. The molecule has 8 nitrogen and oxygen atoms in total. The molecule has 0 bridgehead atoms. The van der Waals surface area contributed by atoms with Crippen LogP contribution in [0.25, 0.3) is 0 Å². The number of hydrogen-bond donors (Lipinski definition) is 1. The minimum Gasteiger partial charge on any atom is -0.493 e. The molecule has 1 unspecified atom stereocenters. The molecule has 1 aromatic heterocycles. The number of nitrogens with zero attached hydrogens (tertiary/aromatic N) is 3. The lowest BCUT2D eigenvalue weighted by molar-refractivity contribution is -0.0646. The van der Waals surface area contributed by atoms with Gasteiger partial charge >= 0.3 is 0 Å². The van der Waals surface area contributed by atoms with E-state index in [2.05, 4.69) is 14.5 Å². The van der Waals surface area contributed by atoms with Gasteiger partial charge in [-0.25, -0.2) is 4.98 Å². The van der Waals surface area contributed by atoms with Crippen molar-refractivity contribution in [3.8, 4) is 17.2 Å². The fourth-order valence-electron chi connectivity index (χ4n) is 4.21. The van der Waals surface area contributed by atoms with Crippen LogP contribution in [0, 0.1) is 6.92 Å². The number of aryl methyl sites for hydroxylation is 2. The van der Waals surface area contributed by atoms with E-state index in [0.717, 1.165) is 30.1 Å². The number of hydrogen-bond acceptors (Lipinski definition) is 7. The van der Waals surface area contributed by atoms with E-state index in [1.165, 1.54) is 0 Å². The fourth-order valence-corrected chi connectivity index (χ4v) is 4.34. The van der Waals surface area contributed by atoms with Gasteiger partial charge in [0.2, 0.25) is 0 Å². The SMILES string of the molecule is COc1cc(CN2CCOCC(O)(COc3ccc(Cl)cc3)C2)ccc1OCCCn1ccnc1C. The van der Waals surface area contributed by atoms with Gasteiger partial charge in [0, 0.05) is 43.6 Å². The zero-order valence-electron chi connectivity index (χ0n) is 20.9. The number of ether oxygens (including phenoxy) is 4. The van der Waals surface area contributed by atoms with Gasteiger partial charge in [0.25, 0.3) is 0 Å². The third kappa shape index (κ3) is 7.36. The molecule has 3 aromatic rings. The average Bonchev–Trinajstić information content (AvgIpc) is 3.19. The average molecular weight is 516 g/mol. The van der Waals surface area contributed by atoms with Crippen molar-refractivity contribution in [3.63, 3.8) is 0 Å². The van der Waals surface area contributed by atoms with Crippen LogP contribution in [-0.2, 0) is 17.8 Å². The molecule has 0 spiro atoms. The lowest BCUT2D eigenvalue weighted by Crippen LogP contribution is -2.48. The summed E-state index contributed by atoms with van der Waals surface area (Å²) in [4.78, 5) is 6.41. The van der Waals surface area contributed by atoms with Crippen molar-refractivity contribution < 1.29 is 24.1 Å². The van der Waals surface area contributed by atoms with E-state index in [1.54, 1.807) is 31.4 Å². The van der Waals surface area contributed by atoms with E-state index in [4.69, 9.17) is 30.5 Å². The van der Waals surface area contributed by atoms with Gasteiger partial charge in [-0.1, -0.05) is 17.7 Å². The van der Waals surface area contributed by atoms with Gasteiger partial charge in [-0.3, -0.25) is 4.90 Å². The molecule has 1 atom stereocenters. The molecular formula is C27H34ClN3O5. The molecule has 36 heavy (non-hydrogen) atoms. The predicted molar refractivity (Wildman–Crippen MR) is 138 cm³/mol. The molecule has 1 N–H and O–H groups in total. The third-order valence-electron chi connectivity index (χ3n) is 6.12. The highest BCUT2D eigenvalue weighted by Gasteiger charge is 2.33.